The van der Waals surface area contributed by atoms with Gasteiger partial charge in [-0.1, -0.05) is 25.8 Å². The summed E-state index contributed by atoms with van der Waals surface area (Å²) in [6.07, 6.45) is 9.64. The maximum atomic E-state index is 13.8. The van der Waals surface area contributed by atoms with Gasteiger partial charge in [-0.25, -0.2) is 9.38 Å². The van der Waals surface area contributed by atoms with Gasteiger partial charge in [-0.15, -0.1) is 0 Å². The predicted molar refractivity (Wildman–Crippen MR) is 116 cm³/mol. The van der Waals surface area contributed by atoms with Gasteiger partial charge in [0.1, 0.15) is 12.3 Å². The van der Waals surface area contributed by atoms with E-state index in [0.717, 1.165) is 25.7 Å². The number of aliphatic carboxylic acids is 1. The summed E-state index contributed by atoms with van der Waals surface area (Å²) in [5, 5.41) is 12.3. The van der Waals surface area contributed by atoms with Gasteiger partial charge < -0.3 is 15.2 Å². The Bertz CT molecular complexity index is 744. The van der Waals surface area contributed by atoms with Crippen LogP contribution >= 0.6 is 0 Å². The Kier molecular flexibility index (Phi) is 6.97. The number of rotatable bonds is 4. The van der Waals surface area contributed by atoms with Crippen molar-refractivity contribution in [3.05, 3.63) is 11.6 Å². The van der Waals surface area contributed by atoms with Crippen molar-refractivity contribution in [1.82, 2.24) is 5.32 Å². The van der Waals surface area contributed by atoms with E-state index in [-0.39, 0.29) is 41.8 Å². The summed E-state index contributed by atoms with van der Waals surface area (Å²) in [5.74, 6) is -0.446. The minimum absolute atomic E-state index is 0.0183. The second-order valence-electron chi connectivity index (χ2n) is 9.93. The van der Waals surface area contributed by atoms with Crippen LogP contribution in [0.2, 0.25) is 0 Å². The van der Waals surface area contributed by atoms with Crippen molar-refractivity contribution in [1.29, 1.82) is 0 Å². The van der Waals surface area contributed by atoms with E-state index in [4.69, 9.17) is 9.73 Å². The first-order valence-electron chi connectivity index (χ1n) is 12.0. The van der Waals surface area contributed by atoms with Crippen LogP contribution in [0.25, 0.3) is 0 Å². The van der Waals surface area contributed by atoms with Gasteiger partial charge in [0.2, 0.25) is 5.90 Å². The van der Waals surface area contributed by atoms with Gasteiger partial charge in [0, 0.05) is 12.0 Å². The largest absolute Gasteiger partial charge is 0.481 e. The van der Waals surface area contributed by atoms with Crippen LogP contribution < -0.4 is 5.32 Å². The number of ether oxygens (including phenoxy) is 1. The first-order chi connectivity index (χ1) is 14.9. The lowest BCUT2D eigenvalue weighted by molar-refractivity contribution is -0.142. The number of halogens is 1. The molecule has 7 heteroatoms. The number of carboxylic acids is 1. The summed E-state index contributed by atoms with van der Waals surface area (Å²) < 4.78 is 20.0. The van der Waals surface area contributed by atoms with E-state index in [0.29, 0.717) is 56.4 Å². The molecule has 2 N–H and O–H groups in total. The number of carboxylic acid groups (broad SMARTS) is 1. The van der Waals surface area contributed by atoms with Gasteiger partial charge in [-0.05, 0) is 63.7 Å². The molecule has 4 rings (SSSR count). The molecule has 3 saturated carbocycles. The molecular weight excluding hydrogens is 399 g/mol. The summed E-state index contributed by atoms with van der Waals surface area (Å²) >= 11 is 0. The Balaban J connectivity index is 1.45. The highest BCUT2D eigenvalue weighted by Gasteiger charge is 2.36. The highest BCUT2D eigenvalue weighted by atomic mass is 19.1. The lowest BCUT2D eigenvalue weighted by Gasteiger charge is -2.36. The van der Waals surface area contributed by atoms with Crippen molar-refractivity contribution >= 4 is 17.8 Å². The van der Waals surface area contributed by atoms with Gasteiger partial charge >= 0.3 is 5.97 Å². The highest BCUT2D eigenvalue weighted by molar-refractivity contribution is 6.19. The molecule has 4 aliphatic rings. The zero-order valence-electron chi connectivity index (χ0n) is 18.4. The van der Waals surface area contributed by atoms with Crippen LogP contribution in [0.4, 0.5) is 4.39 Å². The molecule has 3 fully saturated rings. The fourth-order valence-corrected chi connectivity index (χ4v) is 5.64. The average Bonchev–Trinajstić information content (AvgIpc) is 2.75. The van der Waals surface area contributed by atoms with E-state index in [1.54, 1.807) is 0 Å². The number of hydrogen-bond acceptors (Lipinski definition) is 4. The maximum absolute atomic E-state index is 13.8. The van der Waals surface area contributed by atoms with E-state index in [1.807, 2.05) is 6.92 Å². The van der Waals surface area contributed by atoms with Gasteiger partial charge in [0.25, 0.3) is 5.91 Å². The molecule has 6 nitrogen and oxygen atoms in total. The quantitative estimate of drug-likeness (QED) is 0.695. The molecule has 0 saturated heterocycles. The normalized spacial score (nSPS) is 38.3. The summed E-state index contributed by atoms with van der Waals surface area (Å²) in [4.78, 5) is 29.3. The second kappa shape index (κ2) is 9.70. The number of carbonyl (C=O) groups is 2. The standard InChI is InChI=1S/C24H35FN2O4/c1-14-12-17(25)8-11-21(14)31-23-19(13-16-4-2-3-5-20(16)27-23)22(28)26-18-9-6-15(7-10-18)24(29)30/h13-18,20-21H,2-12H2,1H3,(H,26,28)(H,29,30). The maximum Gasteiger partial charge on any atom is 0.306 e. The first-order valence-corrected chi connectivity index (χ1v) is 12.0. The number of fused-ring (bicyclic) bond motifs is 1. The third kappa shape index (κ3) is 5.29. The van der Waals surface area contributed by atoms with Crippen LogP contribution in [0.1, 0.15) is 77.6 Å². The molecule has 5 unspecified atom stereocenters. The molecule has 1 amide bonds. The fraction of sp³-hybridized carbons (Fsp3) is 0.792. The minimum Gasteiger partial charge on any atom is -0.481 e. The molecule has 0 aromatic heterocycles. The van der Waals surface area contributed by atoms with E-state index < -0.39 is 12.1 Å². The second-order valence-corrected chi connectivity index (χ2v) is 9.93. The van der Waals surface area contributed by atoms with E-state index >= 15 is 0 Å². The van der Waals surface area contributed by atoms with Crippen molar-refractivity contribution in [2.75, 3.05) is 0 Å². The lowest BCUT2D eigenvalue weighted by Crippen LogP contribution is -2.43. The van der Waals surface area contributed by atoms with Gasteiger partial charge in [-0.3, -0.25) is 9.59 Å². The predicted octanol–water partition coefficient (Wildman–Crippen LogP) is 4.19. The number of aliphatic imine (C=N–C) groups is 1. The number of dihydropyridines is 1. The molecule has 0 bridgehead atoms. The fourth-order valence-electron chi connectivity index (χ4n) is 5.64. The van der Waals surface area contributed by atoms with Gasteiger partial charge in [0.05, 0.1) is 17.5 Å². The number of nitrogens with zero attached hydrogens (tertiary/aromatic N) is 1. The Morgan fingerprint density at radius 2 is 1.84 bits per heavy atom. The van der Waals surface area contributed by atoms with E-state index in [1.165, 1.54) is 0 Å². The molecule has 172 valence electrons. The third-order valence-electron chi connectivity index (χ3n) is 7.62. The summed E-state index contributed by atoms with van der Waals surface area (Å²) in [6.45, 7) is 2.01. The summed E-state index contributed by atoms with van der Waals surface area (Å²) in [5.41, 5.74) is 0.512. The van der Waals surface area contributed by atoms with Crippen LogP contribution in [0.5, 0.6) is 0 Å². The molecule has 0 spiro atoms. The highest BCUT2D eigenvalue weighted by Crippen LogP contribution is 2.35. The first kappa shape index (κ1) is 22.3. The van der Waals surface area contributed by atoms with Crippen molar-refractivity contribution in [3.63, 3.8) is 0 Å². The molecular formula is C24H35FN2O4. The molecule has 0 radical (unpaired) electrons. The third-order valence-corrected chi connectivity index (χ3v) is 7.62. The molecule has 1 heterocycles. The van der Waals surface area contributed by atoms with Crippen LogP contribution in [-0.4, -0.2) is 47.2 Å². The Morgan fingerprint density at radius 3 is 2.55 bits per heavy atom. The molecule has 0 aromatic rings. The van der Waals surface area contributed by atoms with Crippen LogP contribution in [0.3, 0.4) is 0 Å². The van der Waals surface area contributed by atoms with Crippen molar-refractivity contribution in [2.24, 2.45) is 22.7 Å². The molecule has 31 heavy (non-hydrogen) atoms. The van der Waals surface area contributed by atoms with Crippen molar-refractivity contribution in [3.8, 4) is 0 Å². The Labute approximate surface area is 183 Å². The molecule has 1 aliphatic heterocycles. The van der Waals surface area contributed by atoms with E-state index in [2.05, 4.69) is 11.4 Å². The molecule has 3 aliphatic carbocycles. The van der Waals surface area contributed by atoms with Crippen molar-refractivity contribution in [2.45, 2.75) is 102 Å². The topological polar surface area (TPSA) is 88.0 Å². The van der Waals surface area contributed by atoms with Crippen LogP contribution in [-0.2, 0) is 14.3 Å². The summed E-state index contributed by atoms with van der Waals surface area (Å²) in [7, 11) is 0. The molecule has 0 aromatic carbocycles. The minimum atomic E-state index is -0.773. The number of carbonyl (C=O) groups excluding carboxylic acids is 1. The number of nitrogens with one attached hydrogen (secondary N) is 1. The van der Waals surface area contributed by atoms with Crippen LogP contribution in [0.15, 0.2) is 16.6 Å². The lowest BCUT2D eigenvalue weighted by atomic mass is 9.81. The summed E-state index contributed by atoms with van der Waals surface area (Å²) in [6, 6.07) is 0.148. The monoisotopic (exact) mass is 434 g/mol. The van der Waals surface area contributed by atoms with Crippen LogP contribution in [0, 0.1) is 17.8 Å². The smallest absolute Gasteiger partial charge is 0.306 e. The van der Waals surface area contributed by atoms with E-state index in [9.17, 15) is 19.1 Å². The average molecular weight is 435 g/mol. The molecule has 5 atom stereocenters. The van der Waals surface area contributed by atoms with Crippen molar-refractivity contribution < 1.29 is 23.8 Å². The zero-order valence-corrected chi connectivity index (χ0v) is 18.4. The number of hydrogen-bond donors (Lipinski definition) is 2. The Morgan fingerprint density at radius 1 is 1.10 bits per heavy atom. The van der Waals surface area contributed by atoms with Gasteiger partial charge in [0.15, 0.2) is 0 Å². The Hall–Kier alpha value is -1.92. The van der Waals surface area contributed by atoms with Gasteiger partial charge in [-0.2, -0.15) is 0 Å². The zero-order chi connectivity index (χ0) is 22.0. The number of amides is 1. The number of alkyl halides is 1. The SMILES string of the molecule is CC1CC(F)CCC1OC1=NC2CCCCC2C=C1C(=O)NC1CCC(C(=O)O)CC1.